The summed E-state index contributed by atoms with van der Waals surface area (Å²) in [4.78, 5) is 37.6. The van der Waals surface area contributed by atoms with Crippen molar-refractivity contribution in [2.45, 2.75) is 58.2 Å². The molecule has 35 heavy (non-hydrogen) atoms. The van der Waals surface area contributed by atoms with Gasteiger partial charge in [-0.3, -0.25) is 9.59 Å². The molecule has 2 N–H and O–H groups in total. The van der Waals surface area contributed by atoms with Gasteiger partial charge in [0.1, 0.15) is 11.7 Å². The van der Waals surface area contributed by atoms with Crippen LogP contribution in [0.3, 0.4) is 0 Å². The third kappa shape index (κ3) is 4.76. The number of benzene rings is 1. The van der Waals surface area contributed by atoms with Gasteiger partial charge in [0, 0.05) is 26.2 Å². The first-order valence-corrected chi connectivity index (χ1v) is 11.5. The minimum absolute atomic E-state index is 0.0396. The molecule has 1 aromatic carbocycles. The molecule has 0 saturated heterocycles. The summed E-state index contributed by atoms with van der Waals surface area (Å²) in [5, 5.41) is 6.22. The number of anilines is 3. The molecule has 2 aromatic rings. The van der Waals surface area contributed by atoms with Crippen molar-refractivity contribution in [3.05, 3.63) is 40.8 Å². The maximum atomic E-state index is 13.4. The van der Waals surface area contributed by atoms with E-state index in [4.69, 9.17) is 0 Å². The summed E-state index contributed by atoms with van der Waals surface area (Å²) in [5.41, 5.74) is 1.34. The van der Waals surface area contributed by atoms with Gasteiger partial charge >= 0.3 is 0 Å². The molecule has 11 heteroatoms. The number of likely N-dealkylation sites (N-methyl/N-ethyl adjacent to an activating group) is 2. The average molecular weight is 491 g/mol. The van der Waals surface area contributed by atoms with Gasteiger partial charge in [0.2, 0.25) is 17.8 Å². The van der Waals surface area contributed by atoms with Gasteiger partial charge in [0.05, 0.1) is 12.1 Å². The molecule has 0 bridgehead atoms. The number of nitrogens with zero attached hydrogens (tertiary/aromatic N) is 4. The molecule has 188 valence electrons. The fraction of sp³-hybridized carbons (Fsp3) is 0.500. The summed E-state index contributed by atoms with van der Waals surface area (Å²) in [6.45, 7) is 5.77. The number of amides is 2. The Morgan fingerprint density at radius 2 is 1.86 bits per heavy atom. The molecular formula is C24H29F3N6O2. The fourth-order valence-corrected chi connectivity index (χ4v) is 4.70. The molecule has 1 atom stereocenters. The second kappa shape index (κ2) is 9.35. The van der Waals surface area contributed by atoms with Crippen molar-refractivity contribution in [2.24, 2.45) is 5.92 Å². The van der Waals surface area contributed by atoms with Crippen LogP contribution < -0.4 is 15.5 Å². The Morgan fingerprint density at radius 3 is 2.46 bits per heavy atom. The molecule has 1 aliphatic heterocycles. The zero-order chi connectivity index (χ0) is 25.6. The Morgan fingerprint density at radius 1 is 1.23 bits per heavy atom. The molecule has 1 aromatic heterocycles. The van der Waals surface area contributed by atoms with Gasteiger partial charge in [0.25, 0.3) is 0 Å². The Kier molecular flexibility index (Phi) is 6.61. The van der Waals surface area contributed by atoms with Crippen LogP contribution in [0.1, 0.15) is 37.9 Å². The van der Waals surface area contributed by atoms with Crippen LogP contribution in [0.4, 0.5) is 30.6 Å². The van der Waals surface area contributed by atoms with E-state index < -0.39 is 17.5 Å². The standard InChI is InChI=1S/C24H29F3N6O2/c1-11(2)21-23(35)30-20-12(3)28-24(31-22(20)33(21)5)29-14-9-15(10-14)32(4)18(34)8-13-6-16(25)19(27)17(26)7-13/h6-7,11,14-15,21H,8-10H2,1-5H3,(H,30,35)(H,28,29,31)/t14-,15-,21?. The second-order valence-electron chi connectivity index (χ2n) is 9.64. The smallest absolute Gasteiger partial charge is 0.247 e. The van der Waals surface area contributed by atoms with Crippen molar-refractivity contribution >= 4 is 29.3 Å². The predicted octanol–water partition coefficient (Wildman–Crippen LogP) is 3.26. The molecule has 1 unspecified atom stereocenters. The first-order chi connectivity index (χ1) is 16.5. The quantitative estimate of drug-likeness (QED) is 0.605. The van der Waals surface area contributed by atoms with Gasteiger partial charge < -0.3 is 20.4 Å². The van der Waals surface area contributed by atoms with Crippen molar-refractivity contribution in [3.8, 4) is 0 Å². The molecule has 2 amide bonds. The van der Waals surface area contributed by atoms with E-state index in [0.717, 1.165) is 12.1 Å². The summed E-state index contributed by atoms with van der Waals surface area (Å²) in [6.07, 6.45) is 1.07. The molecule has 8 nitrogen and oxygen atoms in total. The van der Waals surface area contributed by atoms with E-state index in [-0.39, 0.29) is 47.8 Å². The number of halogens is 3. The minimum atomic E-state index is -1.55. The zero-order valence-electron chi connectivity index (χ0n) is 20.3. The number of rotatable bonds is 6. The van der Waals surface area contributed by atoms with E-state index in [2.05, 4.69) is 20.6 Å². The van der Waals surface area contributed by atoms with Gasteiger partial charge in [-0.25, -0.2) is 18.2 Å². The van der Waals surface area contributed by atoms with Gasteiger partial charge in [-0.15, -0.1) is 0 Å². The third-order valence-electron chi connectivity index (χ3n) is 6.76. The highest BCUT2D eigenvalue weighted by Gasteiger charge is 2.37. The number of aryl methyl sites for hydroxylation is 1. The summed E-state index contributed by atoms with van der Waals surface area (Å²) in [5.74, 6) is -3.36. The molecule has 2 heterocycles. The Bertz CT molecular complexity index is 1150. The van der Waals surface area contributed by atoms with E-state index in [1.54, 1.807) is 11.9 Å². The largest absolute Gasteiger partial charge is 0.351 e. The molecule has 0 radical (unpaired) electrons. The molecule has 1 saturated carbocycles. The van der Waals surface area contributed by atoms with Gasteiger partial charge in [-0.1, -0.05) is 13.8 Å². The molecule has 4 rings (SSSR count). The van der Waals surface area contributed by atoms with Gasteiger partial charge in [-0.2, -0.15) is 4.98 Å². The lowest BCUT2D eigenvalue weighted by molar-refractivity contribution is -0.132. The third-order valence-corrected chi connectivity index (χ3v) is 6.76. The maximum Gasteiger partial charge on any atom is 0.247 e. The van der Waals surface area contributed by atoms with Crippen LogP contribution in [-0.2, 0) is 16.0 Å². The maximum absolute atomic E-state index is 13.4. The fourth-order valence-electron chi connectivity index (χ4n) is 4.70. The topological polar surface area (TPSA) is 90.5 Å². The molecular weight excluding hydrogens is 461 g/mol. The van der Waals surface area contributed by atoms with Crippen LogP contribution >= 0.6 is 0 Å². The lowest BCUT2D eigenvalue weighted by atomic mass is 9.85. The van der Waals surface area contributed by atoms with Crippen molar-refractivity contribution in [2.75, 3.05) is 29.6 Å². The average Bonchev–Trinajstić information content (AvgIpc) is 2.74. The number of aromatic nitrogens is 2. The van der Waals surface area contributed by atoms with E-state index in [9.17, 15) is 22.8 Å². The number of carbonyl (C=O) groups excluding carboxylic acids is 2. The highest BCUT2D eigenvalue weighted by molar-refractivity contribution is 6.03. The van der Waals surface area contributed by atoms with Crippen molar-refractivity contribution in [1.29, 1.82) is 0 Å². The summed E-state index contributed by atoms with van der Waals surface area (Å²) in [6, 6.07) is 1.34. The number of nitrogens with one attached hydrogen (secondary N) is 2. The Labute approximate surface area is 201 Å². The van der Waals surface area contributed by atoms with E-state index in [1.807, 2.05) is 32.7 Å². The zero-order valence-corrected chi connectivity index (χ0v) is 20.3. The second-order valence-corrected chi connectivity index (χ2v) is 9.64. The highest BCUT2D eigenvalue weighted by atomic mass is 19.2. The number of hydrogen-bond acceptors (Lipinski definition) is 6. The summed E-state index contributed by atoms with van der Waals surface area (Å²) < 4.78 is 40.0. The molecule has 0 spiro atoms. The first kappa shape index (κ1) is 24.7. The van der Waals surface area contributed by atoms with Crippen LogP contribution in [0.5, 0.6) is 0 Å². The normalized spacial score (nSPS) is 21.3. The van der Waals surface area contributed by atoms with Crippen LogP contribution in [0.25, 0.3) is 0 Å². The van der Waals surface area contributed by atoms with Gasteiger partial charge in [0.15, 0.2) is 23.3 Å². The molecule has 1 fully saturated rings. The number of carbonyl (C=O) groups is 2. The van der Waals surface area contributed by atoms with Crippen LogP contribution in [-0.4, -0.2) is 58.9 Å². The van der Waals surface area contributed by atoms with E-state index in [1.165, 1.54) is 0 Å². The van der Waals surface area contributed by atoms with E-state index >= 15 is 0 Å². The Balaban J connectivity index is 1.37. The summed E-state index contributed by atoms with van der Waals surface area (Å²) in [7, 11) is 3.49. The minimum Gasteiger partial charge on any atom is -0.351 e. The molecule has 1 aliphatic carbocycles. The van der Waals surface area contributed by atoms with Gasteiger partial charge in [-0.05, 0) is 43.4 Å². The van der Waals surface area contributed by atoms with Crippen molar-refractivity contribution in [1.82, 2.24) is 14.9 Å². The van der Waals surface area contributed by atoms with Crippen molar-refractivity contribution < 1.29 is 22.8 Å². The van der Waals surface area contributed by atoms with Crippen LogP contribution in [0.2, 0.25) is 0 Å². The predicted molar refractivity (Wildman–Crippen MR) is 126 cm³/mol. The summed E-state index contributed by atoms with van der Waals surface area (Å²) >= 11 is 0. The van der Waals surface area contributed by atoms with Crippen LogP contribution in [0.15, 0.2) is 12.1 Å². The first-order valence-electron chi connectivity index (χ1n) is 11.5. The highest BCUT2D eigenvalue weighted by Crippen LogP contribution is 2.35. The lowest BCUT2D eigenvalue weighted by Gasteiger charge is -2.42. The number of hydrogen-bond donors (Lipinski definition) is 2. The molecule has 2 aliphatic rings. The number of fused-ring (bicyclic) bond motifs is 1. The monoisotopic (exact) mass is 490 g/mol. The van der Waals surface area contributed by atoms with E-state index in [0.29, 0.717) is 36.0 Å². The SMILES string of the molecule is Cc1nc(N[C@H]2C[C@H](N(C)C(=O)Cc3cc(F)c(F)c(F)c3)C2)nc2c1NC(=O)C(C(C)C)N2C. The van der Waals surface area contributed by atoms with Crippen molar-refractivity contribution in [3.63, 3.8) is 0 Å². The Hall–Kier alpha value is -3.37. The van der Waals surface area contributed by atoms with Crippen LogP contribution in [0, 0.1) is 30.3 Å². The lowest BCUT2D eigenvalue weighted by Crippen LogP contribution is -2.51.